The van der Waals surface area contributed by atoms with Crippen molar-refractivity contribution in [3.63, 3.8) is 0 Å². The lowest BCUT2D eigenvalue weighted by molar-refractivity contribution is 0.0934. The van der Waals surface area contributed by atoms with Crippen LogP contribution in [0, 0.1) is 5.92 Å². The number of ether oxygens (including phenoxy) is 2. The zero-order valence-corrected chi connectivity index (χ0v) is 22.2. The molecule has 0 aromatic heterocycles. The summed E-state index contributed by atoms with van der Waals surface area (Å²) in [6.07, 6.45) is 4.55. The van der Waals surface area contributed by atoms with E-state index in [-0.39, 0.29) is 11.0 Å². The van der Waals surface area contributed by atoms with Crippen molar-refractivity contribution in [3.8, 4) is 11.5 Å². The number of carbonyl (C=O) groups is 2. The fraction of sp³-hybridized carbons (Fsp3) is 0.400. The van der Waals surface area contributed by atoms with Gasteiger partial charge < -0.3 is 9.47 Å². The highest BCUT2D eigenvalue weighted by atomic mass is 79.9. The van der Waals surface area contributed by atoms with Gasteiger partial charge in [-0.2, -0.15) is 0 Å². The van der Waals surface area contributed by atoms with E-state index in [0.29, 0.717) is 40.5 Å². The van der Waals surface area contributed by atoms with Gasteiger partial charge in [0.25, 0.3) is 11.8 Å². The molecule has 0 unspecified atom stereocenters. The number of carbonyl (C=O) groups excluding carboxylic acids is 2. The zero-order chi connectivity index (χ0) is 24.9. The van der Waals surface area contributed by atoms with Crippen LogP contribution >= 0.6 is 28.1 Å². The number of unbranched alkanes of at least 4 members (excludes halogenated alkanes) is 3. The number of rotatable bonds is 11. The molecule has 9 heteroatoms. The molecular formula is C25H32BrN3O4S. The highest BCUT2D eigenvalue weighted by Gasteiger charge is 2.12. The third kappa shape index (κ3) is 9.69. The molecule has 0 radical (unpaired) electrons. The molecule has 34 heavy (non-hydrogen) atoms. The summed E-state index contributed by atoms with van der Waals surface area (Å²) >= 11 is 8.53. The number of hydrogen-bond donors (Lipinski definition) is 3. The van der Waals surface area contributed by atoms with Gasteiger partial charge in [0.05, 0.1) is 17.7 Å². The first kappa shape index (κ1) is 27.6. The Hall–Kier alpha value is -2.65. The van der Waals surface area contributed by atoms with Crippen molar-refractivity contribution in [1.82, 2.24) is 16.2 Å². The lowest BCUT2D eigenvalue weighted by Crippen LogP contribution is -2.48. The molecule has 0 heterocycles. The van der Waals surface area contributed by atoms with E-state index in [0.717, 1.165) is 18.6 Å². The number of amides is 2. The van der Waals surface area contributed by atoms with Crippen LogP contribution in [-0.4, -0.2) is 30.1 Å². The van der Waals surface area contributed by atoms with Gasteiger partial charge in [0, 0.05) is 11.1 Å². The predicted octanol–water partition coefficient (Wildman–Crippen LogP) is 5.39. The van der Waals surface area contributed by atoms with Crippen LogP contribution in [0.1, 0.15) is 67.2 Å². The smallest absolute Gasteiger partial charge is 0.269 e. The molecule has 2 aromatic rings. The maximum absolute atomic E-state index is 12.5. The Morgan fingerprint density at radius 1 is 0.941 bits per heavy atom. The zero-order valence-electron chi connectivity index (χ0n) is 19.8. The van der Waals surface area contributed by atoms with Crippen molar-refractivity contribution < 1.29 is 19.1 Å². The Bertz CT molecular complexity index is 967. The average Bonchev–Trinajstić information content (AvgIpc) is 2.81. The summed E-state index contributed by atoms with van der Waals surface area (Å²) in [5, 5.41) is 2.51. The Labute approximate surface area is 215 Å². The Balaban J connectivity index is 1.78. The molecule has 2 rings (SSSR count). The first-order chi connectivity index (χ1) is 16.3. The molecule has 0 fully saturated rings. The average molecular weight is 551 g/mol. The van der Waals surface area contributed by atoms with E-state index < -0.39 is 5.91 Å². The normalized spacial score (nSPS) is 10.5. The van der Waals surface area contributed by atoms with E-state index in [2.05, 4.69) is 52.9 Å². The number of thiocarbonyl (C=S) groups is 1. The van der Waals surface area contributed by atoms with E-state index in [9.17, 15) is 9.59 Å². The summed E-state index contributed by atoms with van der Waals surface area (Å²) in [5.74, 6) is 0.964. The molecule has 0 saturated heterocycles. The molecule has 0 spiro atoms. The van der Waals surface area contributed by atoms with E-state index in [1.54, 1.807) is 42.5 Å². The molecule has 184 valence electrons. The molecule has 7 nitrogen and oxygen atoms in total. The summed E-state index contributed by atoms with van der Waals surface area (Å²) in [6, 6.07) is 11.9. The molecule has 3 N–H and O–H groups in total. The second-order valence-corrected chi connectivity index (χ2v) is 9.41. The molecule has 0 aliphatic rings. The van der Waals surface area contributed by atoms with Crippen molar-refractivity contribution in [2.75, 3.05) is 13.2 Å². The molecule has 0 aliphatic heterocycles. The highest BCUT2D eigenvalue weighted by Crippen LogP contribution is 2.26. The summed E-state index contributed by atoms with van der Waals surface area (Å²) < 4.78 is 12.0. The number of halogens is 1. The molecule has 0 bridgehead atoms. The fourth-order valence-electron chi connectivity index (χ4n) is 2.83. The summed E-state index contributed by atoms with van der Waals surface area (Å²) in [5.41, 5.74) is 5.84. The van der Waals surface area contributed by atoms with Crippen LogP contribution in [0.4, 0.5) is 0 Å². The van der Waals surface area contributed by atoms with Gasteiger partial charge in [-0.1, -0.05) is 40.0 Å². The third-order valence-electron chi connectivity index (χ3n) is 4.67. The van der Waals surface area contributed by atoms with Crippen LogP contribution in [0.25, 0.3) is 0 Å². The van der Waals surface area contributed by atoms with Crippen molar-refractivity contribution >= 4 is 45.1 Å². The highest BCUT2D eigenvalue weighted by molar-refractivity contribution is 9.10. The van der Waals surface area contributed by atoms with Gasteiger partial charge in [-0.05, 0) is 83.0 Å². The molecular weight excluding hydrogens is 518 g/mol. The quantitative estimate of drug-likeness (QED) is 0.198. The van der Waals surface area contributed by atoms with Gasteiger partial charge in [0.1, 0.15) is 11.5 Å². The Morgan fingerprint density at radius 3 is 2.29 bits per heavy atom. The third-order valence-corrected chi connectivity index (χ3v) is 5.49. The molecule has 2 aromatic carbocycles. The number of nitrogens with one attached hydrogen (secondary N) is 3. The summed E-state index contributed by atoms with van der Waals surface area (Å²) in [6.45, 7) is 7.52. The first-order valence-electron chi connectivity index (χ1n) is 11.4. The lowest BCUT2D eigenvalue weighted by atomic mass is 10.2. The van der Waals surface area contributed by atoms with Gasteiger partial charge in [0.2, 0.25) is 0 Å². The molecule has 0 atom stereocenters. The number of hydrogen-bond acceptors (Lipinski definition) is 5. The minimum absolute atomic E-state index is 0.0263. The van der Waals surface area contributed by atoms with Gasteiger partial charge in [-0.25, -0.2) is 0 Å². The van der Waals surface area contributed by atoms with E-state index >= 15 is 0 Å². The first-order valence-corrected chi connectivity index (χ1v) is 12.6. The topological polar surface area (TPSA) is 88.7 Å². The largest absolute Gasteiger partial charge is 0.494 e. The second-order valence-electron chi connectivity index (χ2n) is 8.15. The standard InChI is InChI=1S/C25H32BrN3O4S/c1-4-5-6-7-14-32-20-11-8-18(9-12-20)24(31)28-29-25(34)27-23(30)19-10-13-22(21(26)15-19)33-16-17(2)3/h8-13,15,17H,4-7,14,16H2,1-3H3,(H,28,31)(H2,27,29,30,34). The van der Waals surface area contributed by atoms with E-state index in [4.69, 9.17) is 21.7 Å². The second kappa shape index (κ2) is 14.6. The maximum atomic E-state index is 12.5. The molecule has 2 amide bonds. The van der Waals surface area contributed by atoms with Gasteiger partial charge in [-0.3, -0.25) is 25.8 Å². The van der Waals surface area contributed by atoms with Gasteiger partial charge in [-0.15, -0.1) is 0 Å². The summed E-state index contributed by atoms with van der Waals surface area (Å²) in [7, 11) is 0. The van der Waals surface area contributed by atoms with E-state index in [1.165, 1.54) is 12.8 Å². The maximum Gasteiger partial charge on any atom is 0.269 e. The van der Waals surface area contributed by atoms with E-state index in [1.807, 2.05) is 0 Å². The van der Waals surface area contributed by atoms with Crippen molar-refractivity contribution in [2.24, 2.45) is 5.92 Å². The van der Waals surface area contributed by atoms with Crippen LogP contribution in [0.3, 0.4) is 0 Å². The molecule has 0 aliphatic carbocycles. The van der Waals surface area contributed by atoms with Crippen LogP contribution in [-0.2, 0) is 0 Å². The Kier molecular flexibility index (Phi) is 11.8. The predicted molar refractivity (Wildman–Crippen MR) is 141 cm³/mol. The minimum atomic E-state index is -0.414. The fourth-order valence-corrected chi connectivity index (χ4v) is 3.47. The monoisotopic (exact) mass is 549 g/mol. The summed E-state index contributed by atoms with van der Waals surface area (Å²) in [4.78, 5) is 24.8. The van der Waals surface area contributed by atoms with Crippen LogP contribution in [0.2, 0.25) is 0 Å². The van der Waals surface area contributed by atoms with Gasteiger partial charge >= 0.3 is 0 Å². The van der Waals surface area contributed by atoms with Gasteiger partial charge in [0.15, 0.2) is 5.11 Å². The van der Waals surface area contributed by atoms with Crippen molar-refractivity contribution in [1.29, 1.82) is 0 Å². The van der Waals surface area contributed by atoms with Crippen LogP contribution < -0.4 is 25.6 Å². The lowest BCUT2D eigenvalue weighted by Gasteiger charge is -2.13. The minimum Gasteiger partial charge on any atom is -0.494 e. The SMILES string of the molecule is CCCCCCOc1ccc(C(=O)NNC(=S)NC(=O)c2ccc(OCC(C)C)c(Br)c2)cc1. The number of hydrazine groups is 1. The Morgan fingerprint density at radius 2 is 1.65 bits per heavy atom. The number of benzene rings is 2. The molecule has 0 saturated carbocycles. The van der Waals surface area contributed by atoms with Crippen LogP contribution in [0.15, 0.2) is 46.9 Å². The van der Waals surface area contributed by atoms with Crippen LogP contribution in [0.5, 0.6) is 11.5 Å². The van der Waals surface area contributed by atoms with Crippen molar-refractivity contribution in [2.45, 2.75) is 46.5 Å². The van der Waals surface area contributed by atoms with Crippen molar-refractivity contribution in [3.05, 3.63) is 58.1 Å².